The van der Waals surface area contributed by atoms with Crippen LogP contribution in [0.2, 0.25) is 0 Å². The maximum atomic E-state index is 15.7. The van der Waals surface area contributed by atoms with Gasteiger partial charge in [0.2, 0.25) is 5.91 Å². The van der Waals surface area contributed by atoms with Gasteiger partial charge in [0.15, 0.2) is 34.7 Å². The first-order valence-corrected chi connectivity index (χ1v) is 12.2. The van der Waals surface area contributed by atoms with E-state index in [9.17, 15) is 34.2 Å². The molecule has 4 rings (SSSR count). The maximum Gasteiger partial charge on any atom is 0.235 e. The number of carbonyl (C=O) groups excluding carboxylic acids is 5. The summed E-state index contributed by atoms with van der Waals surface area (Å²) in [4.78, 5) is 68.8. The third kappa shape index (κ3) is 3.82. The number of nitrogens with two attached hydrogens (primary N) is 1. The lowest BCUT2D eigenvalue weighted by atomic mass is 9.52. The van der Waals surface area contributed by atoms with Gasteiger partial charge in [-0.25, -0.2) is 4.39 Å². The Bertz CT molecular complexity index is 1230. The molecular weight excluding hydrogens is 485 g/mol. The van der Waals surface area contributed by atoms with Crippen LogP contribution in [0.25, 0.3) is 0 Å². The summed E-state index contributed by atoms with van der Waals surface area (Å²) in [5.74, 6) is -12.3. The van der Waals surface area contributed by atoms with Gasteiger partial charge in [-0.15, -0.1) is 0 Å². The van der Waals surface area contributed by atoms with Crippen molar-refractivity contribution in [3.63, 3.8) is 0 Å². The number of hydrogen-bond donors (Lipinski definition) is 3. The van der Waals surface area contributed by atoms with Crippen molar-refractivity contribution in [3.8, 4) is 5.75 Å². The summed E-state index contributed by atoms with van der Waals surface area (Å²) in [7, 11) is 4.80. The van der Waals surface area contributed by atoms with Crippen molar-refractivity contribution in [2.45, 2.75) is 50.9 Å². The number of likely N-dealkylation sites (N-methyl/N-ethyl adjacent to an activating group) is 1. The van der Waals surface area contributed by atoms with Gasteiger partial charge in [-0.1, -0.05) is 0 Å². The van der Waals surface area contributed by atoms with Gasteiger partial charge in [-0.05, 0) is 59.8 Å². The van der Waals surface area contributed by atoms with E-state index in [1.807, 2.05) is 18.7 Å². The standard InChI is InChI=1S/C26H32FN3O7/c1-10(2)30(5)9-12-8-15(31)17-13(19(12)27)6-11-7-14-20(29(3)4)22(33)18(25(28)36)24(35)26(14,37)23(34)16(11)21(17)32/h8,10-11,14,16,18,20,31,37H,6-7,9H2,1-5H3,(H2,28,36)/t11-,14-,16?,18?,20-,26-/m0/s1. The number of phenolic OH excluding ortho intramolecular Hbond substituents is 1. The molecule has 4 N–H and O–H groups in total. The topological polar surface area (TPSA) is 158 Å². The number of phenols is 1. The van der Waals surface area contributed by atoms with E-state index in [-0.39, 0.29) is 42.1 Å². The van der Waals surface area contributed by atoms with Crippen molar-refractivity contribution in [2.75, 3.05) is 21.1 Å². The molecular formula is C26H32FN3O7. The number of amides is 1. The number of nitrogens with zero attached hydrogens (tertiary/aromatic N) is 2. The van der Waals surface area contributed by atoms with Gasteiger partial charge in [0.25, 0.3) is 0 Å². The van der Waals surface area contributed by atoms with E-state index in [0.717, 1.165) is 6.07 Å². The van der Waals surface area contributed by atoms with Gasteiger partial charge in [0.05, 0.1) is 17.5 Å². The fraction of sp³-hybridized carbons (Fsp3) is 0.577. The summed E-state index contributed by atoms with van der Waals surface area (Å²) in [6, 6.07) is 0.0443. The highest BCUT2D eigenvalue weighted by atomic mass is 19.1. The normalized spacial score (nSPS) is 31.6. The SMILES string of the molecule is CC(C)N(C)Cc1cc(O)c2c(c1F)C[C@H]1C[C@H]3[C@H](N(C)C)C(=O)C(C(N)=O)C(=O)[C@@]3(O)C(=O)C1C2=O. The van der Waals surface area contributed by atoms with E-state index in [1.165, 1.54) is 19.0 Å². The zero-order chi connectivity index (χ0) is 27.7. The highest BCUT2D eigenvalue weighted by Gasteiger charge is 2.69. The highest BCUT2D eigenvalue weighted by molar-refractivity contribution is 6.32. The number of carbonyl (C=O) groups is 5. The van der Waals surface area contributed by atoms with E-state index in [1.54, 1.807) is 7.05 Å². The molecule has 0 aliphatic heterocycles. The molecule has 2 fully saturated rings. The summed E-state index contributed by atoms with van der Waals surface area (Å²) in [5.41, 5.74) is 2.31. The van der Waals surface area contributed by atoms with Crippen LogP contribution in [0.5, 0.6) is 5.75 Å². The molecule has 1 aromatic rings. The lowest BCUT2D eigenvalue weighted by Gasteiger charge is -2.52. The first-order chi connectivity index (χ1) is 17.1. The van der Waals surface area contributed by atoms with Crippen LogP contribution in [0.3, 0.4) is 0 Å². The molecule has 0 aromatic heterocycles. The fourth-order valence-corrected chi connectivity index (χ4v) is 6.27. The largest absolute Gasteiger partial charge is 0.507 e. The Labute approximate surface area is 213 Å². The van der Waals surface area contributed by atoms with Gasteiger partial charge < -0.3 is 15.9 Å². The number of aliphatic hydroxyl groups is 1. The molecule has 0 saturated heterocycles. The van der Waals surface area contributed by atoms with E-state index >= 15 is 4.39 Å². The summed E-state index contributed by atoms with van der Waals surface area (Å²) in [6.07, 6.45) is -0.231. The molecule has 1 amide bonds. The minimum atomic E-state index is -2.80. The molecule has 0 bridgehead atoms. The number of ketones is 4. The number of aromatic hydroxyl groups is 1. The minimum Gasteiger partial charge on any atom is -0.507 e. The van der Waals surface area contributed by atoms with Crippen molar-refractivity contribution in [1.29, 1.82) is 0 Å². The summed E-state index contributed by atoms with van der Waals surface area (Å²) < 4.78 is 15.7. The number of benzene rings is 1. The predicted molar refractivity (Wildman–Crippen MR) is 128 cm³/mol. The van der Waals surface area contributed by atoms with Gasteiger partial charge in [-0.2, -0.15) is 0 Å². The average molecular weight is 518 g/mol. The van der Waals surface area contributed by atoms with Crippen molar-refractivity contribution in [3.05, 3.63) is 28.6 Å². The van der Waals surface area contributed by atoms with Crippen molar-refractivity contribution < 1.29 is 38.6 Å². The highest BCUT2D eigenvalue weighted by Crippen LogP contribution is 2.51. The van der Waals surface area contributed by atoms with Crippen molar-refractivity contribution in [2.24, 2.45) is 29.4 Å². The van der Waals surface area contributed by atoms with Crippen LogP contribution >= 0.6 is 0 Å². The number of Topliss-reactive ketones (excluding diaryl/α,β-unsaturated/α-hetero) is 4. The third-order valence-corrected chi connectivity index (χ3v) is 8.37. The van der Waals surface area contributed by atoms with Crippen LogP contribution in [0.1, 0.15) is 41.8 Å². The molecule has 200 valence electrons. The lowest BCUT2D eigenvalue weighted by Crippen LogP contribution is -2.74. The zero-order valence-electron chi connectivity index (χ0n) is 21.4. The van der Waals surface area contributed by atoms with Crippen molar-refractivity contribution in [1.82, 2.24) is 9.80 Å². The molecule has 6 atom stereocenters. The van der Waals surface area contributed by atoms with E-state index in [4.69, 9.17) is 5.73 Å². The van der Waals surface area contributed by atoms with Crippen LogP contribution in [0, 0.1) is 29.5 Å². The lowest BCUT2D eigenvalue weighted by molar-refractivity contribution is -0.181. The molecule has 2 saturated carbocycles. The van der Waals surface area contributed by atoms with Crippen LogP contribution < -0.4 is 5.73 Å². The van der Waals surface area contributed by atoms with E-state index < -0.39 is 75.9 Å². The smallest absolute Gasteiger partial charge is 0.235 e. The van der Waals surface area contributed by atoms with Crippen LogP contribution in [0.4, 0.5) is 4.39 Å². The molecule has 3 aliphatic carbocycles. The molecule has 1 aromatic carbocycles. The second kappa shape index (κ2) is 9.07. The Kier molecular flexibility index (Phi) is 6.63. The van der Waals surface area contributed by atoms with Gasteiger partial charge in [0, 0.05) is 29.6 Å². The minimum absolute atomic E-state index is 0.0264. The Morgan fingerprint density at radius 1 is 1.19 bits per heavy atom. The Morgan fingerprint density at radius 2 is 1.81 bits per heavy atom. The molecule has 0 heterocycles. The Balaban J connectivity index is 1.83. The first-order valence-electron chi connectivity index (χ1n) is 12.2. The van der Waals surface area contributed by atoms with Gasteiger partial charge in [-0.3, -0.25) is 33.8 Å². The average Bonchev–Trinajstić information content (AvgIpc) is 2.78. The van der Waals surface area contributed by atoms with Crippen molar-refractivity contribution >= 4 is 29.0 Å². The fourth-order valence-electron chi connectivity index (χ4n) is 6.27. The molecule has 2 unspecified atom stereocenters. The molecule has 11 heteroatoms. The molecule has 10 nitrogen and oxygen atoms in total. The first kappa shape index (κ1) is 27.0. The molecule has 37 heavy (non-hydrogen) atoms. The second-order valence-electron chi connectivity index (χ2n) is 11.0. The van der Waals surface area contributed by atoms with Crippen LogP contribution in [0.15, 0.2) is 6.07 Å². The predicted octanol–water partition coefficient (Wildman–Crippen LogP) is -0.154. The molecule has 0 spiro atoms. The van der Waals surface area contributed by atoms with E-state index in [2.05, 4.69) is 0 Å². The number of hydrogen-bond acceptors (Lipinski definition) is 9. The van der Waals surface area contributed by atoms with E-state index in [0.29, 0.717) is 0 Å². The summed E-state index contributed by atoms with van der Waals surface area (Å²) in [6.45, 7) is 4.03. The molecule has 3 aliphatic rings. The second-order valence-corrected chi connectivity index (χ2v) is 11.0. The zero-order valence-corrected chi connectivity index (χ0v) is 21.4. The number of primary amides is 1. The number of rotatable bonds is 5. The Hall–Kier alpha value is -3.02. The van der Waals surface area contributed by atoms with Gasteiger partial charge in [0.1, 0.15) is 11.6 Å². The number of fused-ring (bicyclic) bond motifs is 3. The number of halogens is 1. The quantitative estimate of drug-likeness (QED) is 0.452. The summed E-state index contributed by atoms with van der Waals surface area (Å²) >= 11 is 0. The summed E-state index contributed by atoms with van der Waals surface area (Å²) in [5, 5.41) is 22.2. The molecule has 0 radical (unpaired) electrons. The monoisotopic (exact) mass is 517 g/mol. The maximum absolute atomic E-state index is 15.7. The van der Waals surface area contributed by atoms with Crippen LogP contribution in [-0.2, 0) is 32.1 Å². The Morgan fingerprint density at radius 3 is 2.35 bits per heavy atom. The van der Waals surface area contributed by atoms with Crippen LogP contribution in [-0.4, -0.2) is 87.9 Å². The third-order valence-electron chi connectivity index (χ3n) is 8.37. The van der Waals surface area contributed by atoms with Gasteiger partial charge >= 0.3 is 0 Å².